The van der Waals surface area contributed by atoms with E-state index in [-0.39, 0.29) is 29.9 Å². The first-order valence-corrected chi connectivity index (χ1v) is 9.94. The lowest BCUT2D eigenvalue weighted by Gasteiger charge is -2.26. The van der Waals surface area contributed by atoms with Gasteiger partial charge in [-0.2, -0.15) is 5.10 Å². The maximum atomic E-state index is 14.0. The van der Waals surface area contributed by atoms with E-state index in [4.69, 9.17) is 0 Å². The first-order valence-electron chi connectivity index (χ1n) is 8.96. The molecule has 1 N–H and O–H groups in total. The minimum absolute atomic E-state index is 0.187. The van der Waals surface area contributed by atoms with Crippen molar-refractivity contribution in [3.8, 4) is 11.3 Å². The molecule has 0 spiro atoms. The van der Waals surface area contributed by atoms with Crippen molar-refractivity contribution in [2.45, 2.75) is 23.9 Å². The molecule has 2 aromatic carbocycles. The lowest BCUT2D eigenvalue weighted by Crippen LogP contribution is -2.36. The zero-order valence-corrected chi connectivity index (χ0v) is 15.8. The number of hydrogen-bond donors (Lipinski definition) is 1. The molecule has 0 bridgehead atoms. The van der Waals surface area contributed by atoms with E-state index in [1.807, 2.05) is 36.4 Å². The normalized spacial score (nSPS) is 15.7. The van der Waals surface area contributed by atoms with Crippen LogP contribution >= 0.6 is 11.8 Å². The first-order chi connectivity index (χ1) is 13.6. The van der Waals surface area contributed by atoms with Crippen LogP contribution in [0, 0.1) is 5.82 Å². The molecule has 0 fully saturated rings. The highest BCUT2D eigenvalue weighted by molar-refractivity contribution is 7.99. The Kier molecular flexibility index (Phi) is 5.25. The number of carbonyl (C=O) groups is 1. The summed E-state index contributed by atoms with van der Waals surface area (Å²) in [5.74, 6) is 0.127. The molecule has 1 atom stereocenters. The number of aromatic nitrogens is 2. The Morgan fingerprint density at radius 2 is 1.96 bits per heavy atom. The lowest BCUT2D eigenvalue weighted by molar-refractivity contribution is -0.122. The lowest BCUT2D eigenvalue weighted by atomic mass is 10.0. The van der Waals surface area contributed by atoms with E-state index >= 15 is 0 Å². The van der Waals surface area contributed by atoms with Gasteiger partial charge in [-0.05, 0) is 24.1 Å². The van der Waals surface area contributed by atoms with Crippen molar-refractivity contribution in [1.82, 2.24) is 15.1 Å². The molecule has 4 rings (SSSR count). The molecule has 1 amide bonds. The second kappa shape index (κ2) is 7.98. The third kappa shape index (κ3) is 3.84. The molecule has 1 aliphatic heterocycles. The summed E-state index contributed by atoms with van der Waals surface area (Å²) in [6.07, 6.45) is 0.708. The summed E-state index contributed by atoms with van der Waals surface area (Å²) in [4.78, 5) is 25.3. The predicted octanol–water partition coefficient (Wildman–Crippen LogP) is 3.40. The zero-order chi connectivity index (χ0) is 19.5. The van der Waals surface area contributed by atoms with Crippen molar-refractivity contribution in [3.05, 3.63) is 82.4 Å². The molecule has 1 unspecified atom stereocenters. The summed E-state index contributed by atoms with van der Waals surface area (Å²) < 4.78 is 15.2. The van der Waals surface area contributed by atoms with Crippen LogP contribution in [0.4, 0.5) is 4.39 Å². The van der Waals surface area contributed by atoms with Crippen molar-refractivity contribution >= 4 is 17.7 Å². The number of benzene rings is 2. The largest absolute Gasteiger partial charge is 0.348 e. The molecule has 1 aliphatic rings. The van der Waals surface area contributed by atoms with Gasteiger partial charge in [0.15, 0.2) is 0 Å². The Morgan fingerprint density at radius 1 is 1.14 bits per heavy atom. The highest BCUT2D eigenvalue weighted by Gasteiger charge is 2.24. The van der Waals surface area contributed by atoms with Crippen molar-refractivity contribution in [2.24, 2.45) is 0 Å². The molecule has 0 radical (unpaired) electrons. The van der Waals surface area contributed by atoms with E-state index in [1.54, 1.807) is 12.1 Å². The van der Waals surface area contributed by atoms with Crippen LogP contribution in [0.15, 0.2) is 70.4 Å². The fourth-order valence-electron chi connectivity index (χ4n) is 3.24. The molecule has 2 heterocycles. The number of nitrogens with one attached hydrogen (secondary N) is 1. The third-order valence-electron chi connectivity index (χ3n) is 4.59. The number of nitrogens with zero attached hydrogens (tertiary/aromatic N) is 2. The minimum atomic E-state index is -0.347. The number of halogens is 1. The Hall–Kier alpha value is -2.93. The van der Waals surface area contributed by atoms with Crippen LogP contribution in [0.3, 0.4) is 0 Å². The number of hydrogen-bond acceptors (Lipinski definition) is 4. The molecule has 28 heavy (non-hydrogen) atoms. The Morgan fingerprint density at radius 3 is 2.79 bits per heavy atom. The number of thioether (sulfide) groups is 1. The predicted molar refractivity (Wildman–Crippen MR) is 107 cm³/mol. The average molecular weight is 395 g/mol. The SMILES string of the molecule is O=C(Cn1nc(-c2ccccc2)ccc1=O)NC1CCSc2c(F)cccc21. The van der Waals surface area contributed by atoms with Gasteiger partial charge in [-0.1, -0.05) is 42.5 Å². The molecular formula is C21H18FN3O2S. The van der Waals surface area contributed by atoms with E-state index in [0.29, 0.717) is 17.0 Å². The van der Waals surface area contributed by atoms with Gasteiger partial charge in [0.05, 0.1) is 11.7 Å². The summed E-state index contributed by atoms with van der Waals surface area (Å²) in [7, 11) is 0. The van der Waals surface area contributed by atoms with Crippen molar-refractivity contribution < 1.29 is 9.18 Å². The molecule has 5 nitrogen and oxygen atoms in total. The number of fused-ring (bicyclic) bond motifs is 1. The Labute approximate surface area is 165 Å². The second-order valence-electron chi connectivity index (χ2n) is 6.50. The fourth-order valence-corrected chi connectivity index (χ4v) is 4.38. The van der Waals surface area contributed by atoms with Gasteiger partial charge in [-0.3, -0.25) is 9.59 Å². The van der Waals surface area contributed by atoms with Gasteiger partial charge < -0.3 is 5.32 Å². The van der Waals surface area contributed by atoms with E-state index < -0.39 is 0 Å². The van der Waals surface area contributed by atoms with Gasteiger partial charge in [0.25, 0.3) is 5.56 Å². The molecule has 0 saturated heterocycles. The number of rotatable bonds is 4. The van der Waals surface area contributed by atoms with Crippen molar-refractivity contribution in [1.29, 1.82) is 0 Å². The molecule has 1 aromatic heterocycles. The summed E-state index contributed by atoms with van der Waals surface area (Å²) in [5.41, 5.74) is 1.92. The quantitative estimate of drug-likeness (QED) is 0.735. The van der Waals surface area contributed by atoms with E-state index in [2.05, 4.69) is 10.4 Å². The highest BCUT2D eigenvalue weighted by atomic mass is 32.2. The average Bonchev–Trinajstić information content (AvgIpc) is 2.71. The van der Waals surface area contributed by atoms with Crippen LogP contribution < -0.4 is 10.9 Å². The molecule has 7 heteroatoms. The summed E-state index contributed by atoms with van der Waals surface area (Å²) in [6, 6.07) is 17.1. The van der Waals surface area contributed by atoms with Crippen LogP contribution in [0.2, 0.25) is 0 Å². The second-order valence-corrected chi connectivity index (χ2v) is 7.60. The summed E-state index contributed by atoms with van der Waals surface area (Å²) in [5, 5.41) is 7.23. The van der Waals surface area contributed by atoms with Crippen molar-refractivity contribution in [3.63, 3.8) is 0 Å². The minimum Gasteiger partial charge on any atom is -0.348 e. The van der Waals surface area contributed by atoms with E-state index in [9.17, 15) is 14.0 Å². The van der Waals surface area contributed by atoms with Crippen LogP contribution in [-0.2, 0) is 11.3 Å². The Balaban J connectivity index is 1.52. The smallest absolute Gasteiger partial charge is 0.267 e. The van der Waals surface area contributed by atoms with Crippen LogP contribution in [0.1, 0.15) is 18.0 Å². The van der Waals surface area contributed by atoms with Crippen LogP contribution in [0.25, 0.3) is 11.3 Å². The summed E-state index contributed by atoms with van der Waals surface area (Å²) in [6.45, 7) is -0.187. The Bertz CT molecular complexity index is 1070. The standard InChI is InChI=1S/C21H18FN3O2S/c22-16-8-4-7-15-18(11-12-28-21(15)16)23-19(26)13-25-20(27)10-9-17(24-25)14-5-2-1-3-6-14/h1-10,18H,11-13H2,(H,23,26). The molecule has 0 aliphatic carbocycles. The van der Waals surface area contributed by atoms with Gasteiger partial charge in [0.1, 0.15) is 12.4 Å². The van der Waals surface area contributed by atoms with Gasteiger partial charge in [-0.25, -0.2) is 9.07 Å². The monoisotopic (exact) mass is 395 g/mol. The van der Waals surface area contributed by atoms with E-state index in [1.165, 1.54) is 23.9 Å². The van der Waals surface area contributed by atoms with Gasteiger partial charge >= 0.3 is 0 Å². The van der Waals surface area contributed by atoms with E-state index in [0.717, 1.165) is 21.6 Å². The molecule has 142 valence electrons. The molecule has 0 saturated carbocycles. The van der Waals surface area contributed by atoms with Gasteiger partial charge in [0, 0.05) is 22.3 Å². The van der Waals surface area contributed by atoms with Crippen LogP contribution in [0.5, 0.6) is 0 Å². The first kappa shape index (κ1) is 18.4. The van der Waals surface area contributed by atoms with Crippen molar-refractivity contribution in [2.75, 3.05) is 5.75 Å². The third-order valence-corrected chi connectivity index (χ3v) is 5.75. The summed E-state index contributed by atoms with van der Waals surface area (Å²) >= 11 is 1.46. The topological polar surface area (TPSA) is 64.0 Å². The zero-order valence-electron chi connectivity index (χ0n) is 15.0. The maximum Gasteiger partial charge on any atom is 0.267 e. The maximum absolute atomic E-state index is 14.0. The highest BCUT2D eigenvalue weighted by Crippen LogP contribution is 2.37. The van der Waals surface area contributed by atoms with Gasteiger partial charge in [-0.15, -0.1) is 11.8 Å². The molecular weight excluding hydrogens is 377 g/mol. The fraction of sp³-hybridized carbons (Fsp3) is 0.190. The number of carbonyl (C=O) groups excluding carboxylic acids is 1. The molecule has 3 aromatic rings. The van der Waals surface area contributed by atoms with Gasteiger partial charge in [0.2, 0.25) is 5.91 Å². The number of amides is 1. The van der Waals surface area contributed by atoms with Crippen LogP contribution in [-0.4, -0.2) is 21.4 Å².